The van der Waals surface area contributed by atoms with E-state index in [9.17, 15) is 19.2 Å². The fourth-order valence-corrected chi connectivity index (χ4v) is 5.54. The van der Waals surface area contributed by atoms with Crippen molar-refractivity contribution < 1.29 is 19.2 Å². The number of carbonyl (C=O) groups excluding carboxylic acids is 4. The topological polar surface area (TPSA) is 92.6 Å². The van der Waals surface area contributed by atoms with Gasteiger partial charge in [0.25, 0.3) is 0 Å². The molecule has 0 saturated carbocycles. The van der Waals surface area contributed by atoms with Gasteiger partial charge in [0.2, 0.25) is 23.5 Å². The first-order valence-electron chi connectivity index (χ1n) is 12.6. The molecular formula is C29H30N4O4. The molecule has 0 radical (unpaired) electrons. The third kappa shape index (κ3) is 4.48. The molecule has 0 bridgehead atoms. The SMILES string of the molecule is CN1C(=O)C[C@](CC(=O)N2CCC[C@H](C(=O)c3nccn3C)C2)(c2ccc(-c3ccccc3)cc2)C1=O. The number of imidazole rings is 1. The molecule has 3 amide bonds. The molecule has 1 aromatic heterocycles. The molecule has 0 N–H and O–H groups in total. The second-order valence-corrected chi connectivity index (χ2v) is 10.0. The smallest absolute Gasteiger partial charge is 0.240 e. The summed E-state index contributed by atoms with van der Waals surface area (Å²) in [6.07, 6.45) is 4.52. The average Bonchev–Trinajstić information content (AvgIpc) is 3.45. The number of nitrogens with zero attached hydrogens (tertiary/aromatic N) is 4. The van der Waals surface area contributed by atoms with Gasteiger partial charge >= 0.3 is 0 Å². The van der Waals surface area contributed by atoms with E-state index < -0.39 is 5.41 Å². The lowest BCUT2D eigenvalue weighted by molar-refractivity contribution is -0.142. The molecule has 3 heterocycles. The molecule has 8 heteroatoms. The Kier molecular flexibility index (Phi) is 6.50. The van der Waals surface area contributed by atoms with Crippen molar-refractivity contribution in [2.24, 2.45) is 13.0 Å². The molecule has 0 aliphatic carbocycles. The minimum absolute atomic E-state index is 0.0533. The maximum atomic E-state index is 13.6. The standard InChI is InChI=1S/C29H30N4O4/c1-31-16-14-30-27(31)26(36)22-9-6-15-33(19-22)25(35)18-29(17-24(34)32(2)28(29)37)23-12-10-21(11-13-23)20-7-4-3-5-8-20/h3-5,7-8,10-14,16,22H,6,9,15,17-19H2,1-2H3/t22-,29-/m0/s1. The van der Waals surface area contributed by atoms with E-state index >= 15 is 0 Å². The van der Waals surface area contributed by atoms with Gasteiger partial charge in [0.1, 0.15) is 0 Å². The second kappa shape index (κ2) is 9.76. The van der Waals surface area contributed by atoms with Gasteiger partial charge < -0.3 is 9.47 Å². The molecule has 2 saturated heterocycles. The number of aromatic nitrogens is 2. The summed E-state index contributed by atoms with van der Waals surface area (Å²) in [5, 5.41) is 0. The van der Waals surface area contributed by atoms with Crippen LogP contribution in [0.5, 0.6) is 0 Å². The van der Waals surface area contributed by atoms with Crippen LogP contribution in [0.4, 0.5) is 0 Å². The number of piperidine rings is 1. The van der Waals surface area contributed by atoms with E-state index in [0.29, 0.717) is 30.8 Å². The van der Waals surface area contributed by atoms with Crippen LogP contribution >= 0.6 is 0 Å². The quantitative estimate of drug-likeness (QED) is 0.384. The van der Waals surface area contributed by atoms with Gasteiger partial charge in [0.15, 0.2) is 5.82 Å². The Balaban J connectivity index is 1.39. The molecule has 0 spiro atoms. The number of ketones is 1. The van der Waals surface area contributed by atoms with Gasteiger partial charge in [-0.05, 0) is 29.5 Å². The first-order valence-corrected chi connectivity index (χ1v) is 12.6. The number of hydrogen-bond acceptors (Lipinski definition) is 5. The van der Waals surface area contributed by atoms with Crippen molar-refractivity contribution >= 4 is 23.5 Å². The third-order valence-electron chi connectivity index (χ3n) is 7.73. The largest absolute Gasteiger partial charge is 0.342 e. The fourth-order valence-electron chi connectivity index (χ4n) is 5.54. The van der Waals surface area contributed by atoms with Crippen molar-refractivity contribution in [3.05, 3.63) is 78.4 Å². The van der Waals surface area contributed by atoms with Gasteiger partial charge in [-0.1, -0.05) is 54.6 Å². The van der Waals surface area contributed by atoms with Crippen LogP contribution in [0.15, 0.2) is 67.0 Å². The van der Waals surface area contributed by atoms with E-state index in [0.717, 1.165) is 16.0 Å². The van der Waals surface area contributed by atoms with E-state index in [1.165, 1.54) is 7.05 Å². The molecular weight excluding hydrogens is 468 g/mol. The van der Waals surface area contributed by atoms with Gasteiger partial charge in [-0.25, -0.2) is 4.98 Å². The van der Waals surface area contributed by atoms with Crippen molar-refractivity contribution in [3.63, 3.8) is 0 Å². The summed E-state index contributed by atoms with van der Waals surface area (Å²) in [5.41, 5.74) is 1.43. The zero-order chi connectivity index (χ0) is 26.2. The summed E-state index contributed by atoms with van der Waals surface area (Å²) in [4.78, 5) is 59.7. The predicted molar refractivity (Wildman–Crippen MR) is 137 cm³/mol. The maximum absolute atomic E-state index is 13.6. The van der Waals surface area contributed by atoms with E-state index in [1.54, 1.807) is 28.9 Å². The van der Waals surface area contributed by atoms with Crippen LogP contribution in [0.25, 0.3) is 11.1 Å². The first kappa shape index (κ1) is 24.6. The molecule has 8 nitrogen and oxygen atoms in total. The number of carbonyl (C=O) groups is 4. The highest BCUT2D eigenvalue weighted by molar-refractivity contribution is 6.10. The number of likely N-dealkylation sites (tertiary alicyclic amines) is 2. The van der Waals surface area contributed by atoms with Gasteiger partial charge in [-0.15, -0.1) is 0 Å². The van der Waals surface area contributed by atoms with Crippen LogP contribution in [-0.2, 0) is 26.8 Å². The second-order valence-electron chi connectivity index (χ2n) is 10.0. The predicted octanol–water partition coefficient (Wildman–Crippen LogP) is 3.23. The van der Waals surface area contributed by atoms with Crippen molar-refractivity contribution in [2.45, 2.75) is 31.1 Å². The lowest BCUT2D eigenvalue weighted by atomic mass is 9.75. The summed E-state index contributed by atoms with van der Waals surface area (Å²) < 4.78 is 1.69. The van der Waals surface area contributed by atoms with Gasteiger partial charge in [0.05, 0.1) is 5.41 Å². The molecule has 2 aliphatic rings. The lowest BCUT2D eigenvalue weighted by Gasteiger charge is -2.35. The van der Waals surface area contributed by atoms with Gasteiger partial charge in [-0.2, -0.15) is 0 Å². The zero-order valence-electron chi connectivity index (χ0n) is 21.1. The molecule has 5 rings (SSSR count). The summed E-state index contributed by atoms with van der Waals surface area (Å²) in [6.45, 7) is 0.801. The van der Waals surface area contributed by atoms with Crippen LogP contribution in [0.1, 0.15) is 41.9 Å². The van der Waals surface area contributed by atoms with Crippen LogP contribution in [0.2, 0.25) is 0 Å². The normalized spacial score (nSPS) is 21.9. The summed E-state index contributed by atoms with van der Waals surface area (Å²) in [5.74, 6) is -0.928. The number of Topliss-reactive ketones (excluding diaryl/α,β-unsaturated/α-hetero) is 1. The molecule has 2 aromatic carbocycles. The maximum Gasteiger partial charge on any atom is 0.240 e. The zero-order valence-corrected chi connectivity index (χ0v) is 21.1. The minimum atomic E-state index is -1.26. The molecule has 2 aliphatic heterocycles. The van der Waals surface area contributed by atoms with Crippen LogP contribution in [0, 0.1) is 5.92 Å². The fraction of sp³-hybridized carbons (Fsp3) is 0.345. The molecule has 3 aromatic rings. The Morgan fingerprint density at radius 1 is 1.00 bits per heavy atom. The van der Waals surface area contributed by atoms with Crippen molar-refractivity contribution in [2.75, 3.05) is 20.1 Å². The highest BCUT2D eigenvalue weighted by atomic mass is 16.2. The van der Waals surface area contributed by atoms with Gasteiger partial charge in [0, 0.05) is 58.3 Å². The Labute approximate surface area is 215 Å². The van der Waals surface area contributed by atoms with Gasteiger partial charge in [-0.3, -0.25) is 24.1 Å². The number of amides is 3. The number of rotatable bonds is 6. The Morgan fingerprint density at radius 2 is 1.70 bits per heavy atom. The third-order valence-corrected chi connectivity index (χ3v) is 7.73. The van der Waals surface area contributed by atoms with Crippen molar-refractivity contribution in [1.82, 2.24) is 19.4 Å². The number of imide groups is 1. The average molecular weight is 499 g/mol. The first-order chi connectivity index (χ1) is 17.8. The Hall–Kier alpha value is -4.07. The Bertz CT molecular complexity index is 1350. The van der Waals surface area contributed by atoms with E-state index in [4.69, 9.17) is 0 Å². The van der Waals surface area contributed by atoms with E-state index in [-0.39, 0.29) is 48.8 Å². The van der Waals surface area contributed by atoms with Crippen LogP contribution in [0.3, 0.4) is 0 Å². The summed E-state index contributed by atoms with van der Waals surface area (Å²) >= 11 is 0. The van der Waals surface area contributed by atoms with Crippen molar-refractivity contribution in [3.8, 4) is 11.1 Å². The molecule has 2 fully saturated rings. The van der Waals surface area contributed by atoms with E-state index in [2.05, 4.69) is 4.98 Å². The van der Waals surface area contributed by atoms with Crippen LogP contribution < -0.4 is 0 Å². The number of hydrogen-bond donors (Lipinski definition) is 0. The molecule has 190 valence electrons. The molecule has 0 unspecified atom stereocenters. The highest BCUT2D eigenvalue weighted by Crippen LogP contribution is 2.41. The Morgan fingerprint density at radius 3 is 2.32 bits per heavy atom. The molecule has 2 atom stereocenters. The number of likely N-dealkylation sites (N-methyl/N-ethyl adjacent to an activating group) is 1. The summed E-state index contributed by atoms with van der Waals surface area (Å²) in [6, 6.07) is 17.4. The number of benzene rings is 2. The summed E-state index contributed by atoms with van der Waals surface area (Å²) in [7, 11) is 3.25. The minimum Gasteiger partial charge on any atom is -0.342 e. The monoisotopic (exact) mass is 498 g/mol. The van der Waals surface area contributed by atoms with E-state index in [1.807, 2.05) is 54.6 Å². The lowest BCUT2D eigenvalue weighted by Crippen LogP contribution is -2.47. The molecule has 37 heavy (non-hydrogen) atoms. The van der Waals surface area contributed by atoms with Crippen LogP contribution in [-0.4, -0.2) is 63.0 Å². The highest BCUT2D eigenvalue weighted by Gasteiger charge is 2.53. The van der Waals surface area contributed by atoms with Crippen molar-refractivity contribution in [1.29, 1.82) is 0 Å². The number of aryl methyl sites for hydroxylation is 1.